The van der Waals surface area contributed by atoms with Gasteiger partial charge in [0.25, 0.3) is 0 Å². The normalized spacial score (nSPS) is 11.7. The summed E-state index contributed by atoms with van der Waals surface area (Å²) in [5, 5.41) is 0. The molecule has 1 aromatic rings. The van der Waals surface area contributed by atoms with Crippen molar-refractivity contribution < 1.29 is 9.21 Å². The van der Waals surface area contributed by atoms with E-state index in [1.807, 2.05) is 0 Å². The lowest BCUT2D eigenvalue weighted by Crippen LogP contribution is -2.09. The molecule has 1 heterocycles. The quantitative estimate of drug-likeness (QED) is 0.658. The van der Waals surface area contributed by atoms with E-state index in [1.54, 1.807) is 0 Å². The largest absolute Gasteiger partial charge is 0.448 e. The van der Waals surface area contributed by atoms with Gasteiger partial charge >= 0.3 is 0 Å². The highest BCUT2D eigenvalue weighted by atomic mass is 16.3. The van der Waals surface area contributed by atoms with Crippen LogP contribution >= 0.6 is 0 Å². The van der Waals surface area contributed by atoms with Gasteiger partial charge in [0.05, 0.1) is 0 Å². The molecule has 0 spiro atoms. The minimum Gasteiger partial charge on any atom is -0.448 e. The van der Waals surface area contributed by atoms with Gasteiger partial charge in [0, 0.05) is 13.3 Å². The van der Waals surface area contributed by atoms with Gasteiger partial charge in [-0.2, -0.15) is 0 Å². The number of oxazole rings is 1. The molecule has 0 saturated carbocycles. The maximum absolute atomic E-state index is 10.9. The fourth-order valence-corrected chi connectivity index (χ4v) is 1.01. The van der Waals surface area contributed by atoms with Gasteiger partial charge in [0.15, 0.2) is 11.7 Å². The summed E-state index contributed by atoms with van der Waals surface area (Å²) in [5.74, 6) is 0.585. The summed E-state index contributed by atoms with van der Waals surface area (Å²) in [6.07, 6.45) is 2.17. The van der Waals surface area contributed by atoms with Gasteiger partial charge in [-0.05, 0) is 5.41 Å². The third-order valence-electron chi connectivity index (χ3n) is 1.59. The Kier molecular flexibility index (Phi) is 2.55. The summed E-state index contributed by atoms with van der Waals surface area (Å²) in [7, 11) is 0. The van der Waals surface area contributed by atoms with Crippen molar-refractivity contribution in [2.45, 2.75) is 34.1 Å². The fraction of sp³-hybridized carbons (Fsp3) is 0.600. The molecule has 0 amide bonds. The topological polar surface area (TPSA) is 43.1 Å². The number of ketones is 1. The number of nitrogens with zero attached hydrogens (tertiary/aromatic N) is 1. The first kappa shape index (κ1) is 9.96. The molecule has 0 aliphatic heterocycles. The van der Waals surface area contributed by atoms with Crippen LogP contribution in [0.1, 0.15) is 44.1 Å². The van der Waals surface area contributed by atoms with Crippen LogP contribution in [0, 0.1) is 5.41 Å². The molecule has 3 nitrogen and oxygen atoms in total. The van der Waals surface area contributed by atoms with Crippen molar-refractivity contribution in [3.05, 3.63) is 17.8 Å². The van der Waals surface area contributed by atoms with Crippen molar-refractivity contribution in [1.82, 2.24) is 4.98 Å². The van der Waals surface area contributed by atoms with Crippen molar-refractivity contribution in [2.24, 2.45) is 5.41 Å². The molecule has 0 unspecified atom stereocenters. The number of hydrogen-bond acceptors (Lipinski definition) is 3. The molecule has 13 heavy (non-hydrogen) atoms. The van der Waals surface area contributed by atoms with Crippen LogP contribution in [-0.4, -0.2) is 10.8 Å². The number of carbonyl (C=O) groups is 1. The van der Waals surface area contributed by atoms with Gasteiger partial charge < -0.3 is 4.42 Å². The Morgan fingerprint density at radius 3 is 2.54 bits per heavy atom. The summed E-state index contributed by atoms with van der Waals surface area (Å²) >= 11 is 0. The van der Waals surface area contributed by atoms with E-state index in [2.05, 4.69) is 25.8 Å². The maximum Gasteiger partial charge on any atom is 0.195 e. The number of aromatic nitrogens is 1. The van der Waals surface area contributed by atoms with Crippen LogP contribution in [0.25, 0.3) is 0 Å². The Bertz CT molecular complexity index is 307. The minimum absolute atomic E-state index is 0.0519. The molecule has 0 bridgehead atoms. The van der Waals surface area contributed by atoms with E-state index in [-0.39, 0.29) is 11.2 Å². The van der Waals surface area contributed by atoms with E-state index in [1.165, 1.54) is 13.2 Å². The van der Waals surface area contributed by atoms with E-state index in [0.717, 1.165) is 6.42 Å². The molecule has 0 radical (unpaired) electrons. The molecule has 0 atom stereocenters. The minimum atomic E-state index is -0.0519. The Balaban J connectivity index is 2.75. The second-order valence-corrected chi connectivity index (χ2v) is 4.42. The van der Waals surface area contributed by atoms with E-state index in [9.17, 15) is 4.79 Å². The van der Waals surface area contributed by atoms with Crippen LogP contribution in [0.15, 0.2) is 10.7 Å². The zero-order chi connectivity index (χ0) is 10.1. The zero-order valence-corrected chi connectivity index (χ0v) is 8.55. The highest BCUT2D eigenvalue weighted by molar-refractivity contribution is 5.91. The van der Waals surface area contributed by atoms with Gasteiger partial charge in [-0.15, -0.1) is 0 Å². The number of rotatable bonds is 2. The average Bonchev–Trinajstić information content (AvgIpc) is 2.31. The smallest absolute Gasteiger partial charge is 0.195 e. The van der Waals surface area contributed by atoms with Gasteiger partial charge in [-0.1, -0.05) is 20.8 Å². The number of hydrogen-bond donors (Lipinski definition) is 0. The number of Topliss-reactive ketones (excluding diaryl/α,β-unsaturated/α-hetero) is 1. The van der Waals surface area contributed by atoms with E-state index < -0.39 is 0 Å². The van der Waals surface area contributed by atoms with Crippen LogP contribution in [0.2, 0.25) is 0 Å². The lowest BCUT2D eigenvalue weighted by atomic mass is 9.92. The lowest BCUT2D eigenvalue weighted by molar-refractivity contribution is 0.101. The SMILES string of the molecule is CC(=O)c1coc(CC(C)(C)C)n1. The molecule has 0 saturated heterocycles. The Labute approximate surface area is 78.2 Å². The molecule has 0 aliphatic rings. The van der Waals surface area contributed by atoms with E-state index in [0.29, 0.717) is 11.6 Å². The average molecular weight is 181 g/mol. The van der Waals surface area contributed by atoms with Crippen LogP contribution < -0.4 is 0 Å². The van der Waals surface area contributed by atoms with Crippen LogP contribution in [-0.2, 0) is 6.42 Å². The molecule has 0 N–H and O–H groups in total. The summed E-state index contributed by atoms with van der Waals surface area (Å²) in [6.45, 7) is 7.79. The molecule has 72 valence electrons. The monoisotopic (exact) mass is 181 g/mol. The molecule has 0 fully saturated rings. The fourth-order valence-electron chi connectivity index (χ4n) is 1.01. The maximum atomic E-state index is 10.9. The third-order valence-corrected chi connectivity index (χ3v) is 1.59. The first-order chi connectivity index (χ1) is 5.88. The molecule has 3 heteroatoms. The van der Waals surface area contributed by atoms with Crippen molar-refractivity contribution in [1.29, 1.82) is 0 Å². The Morgan fingerprint density at radius 2 is 2.15 bits per heavy atom. The first-order valence-corrected chi connectivity index (χ1v) is 4.34. The predicted molar refractivity (Wildman–Crippen MR) is 49.7 cm³/mol. The summed E-state index contributed by atoms with van der Waals surface area (Å²) < 4.78 is 5.17. The summed E-state index contributed by atoms with van der Waals surface area (Å²) in [5.41, 5.74) is 0.554. The standard InChI is InChI=1S/C10H15NO2/c1-7(12)8-6-13-9(11-8)5-10(2,3)4/h6H,5H2,1-4H3. The highest BCUT2D eigenvalue weighted by Gasteiger charge is 2.16. The van der Waals surface area contributed by atoms with Crippen molar-refractivity contribution in [3.8, 4) is 0 Å². The first-order valence-electron chi connectivity index (χ1n) is 4.34. The Morgan fingerprint density at radius 1 is 1.54 bits per heavy atom. The molecular weight excluding hydrogens is 166 g/mol. The highest BCUT2D eigenvalue weighted by Crippen LogP contribution is 2.19. The zero-order valence-electron chi connectivity index (χ0n) is 8.55. The Hall–Kier alpha value is -1.12. The molecule has 0 aliphatic carbocycles. The second-order valence-electron chi connectivity index (χ2n) is 4.42. The van der Waals surface area contributed by atoms with E-state index >= 15 is 0 Å². The summed E-state index contributed by atoms with van der Waals surface area (Å²) in [6, 6.07) is 0. The van der Waals surface area contributed by atoms with Gasteiger partial charge in [0.1, 0.15) is 12.0 Å². The molecular formula is C10H15NO2. The molecule has 1 rings (SSSR count). The number of carbonyl (C=O) groups excluding carboxylic acids is 1. The van der Waals surface area contributed by atoms with Crippen LogP contribution in [0.4, 0.5) is 0 Å². The lowest BCUT2D eigenvalue weighted by Gasteiger charge is -2.14. The third kappa shape index (κ3) is 3.01. The van der Waals surface area contributed by atoms with E-state index in [4.69, 9.17) is 4.42 Å². The summed E-state index contributed by atoms with van der Waals surface area (Å²) in [4.78, 5) is 15.0. The molecule has 0 aromatic carbocycles. The van der Waals surface area contributed by atoms with Crippen LogP contribution in [0.3, 0.4) is 0 Å². The van der Waals surface area contributed by atoms with Crippen molar-refractivity contribution >= 4 is 5.78 Å². The van der Waals surface area contributed by atoms with Gasteiger partial charge in [-0.25, -0.2) is 4.98 Å². The van der Waals surface area contributed by atoms with Gasteiger partial charge in [0.2, 0.25) is 0 Å². The molecule has 1 aromatic heterocycles. The van der Waals surface area contributed by atoms with Gasteiger partial charge in [-0.3, -0.25) is 4.79 Å². The predicted octanol–water partition coefficient (Wildman–Crippen LogP) is 2.47. The van der Waals surface area contributed by atoms with Crippen LogP contribution in [0.5, 0.6) is 0 Å². The van der Waals surface area contributed by atoms with Crippen molar-refractivity contribution in [2.75, 3.05) is 0 Å². The van der Waals surface area contributed by atoms with Crippen molar-refractivity contribution in [3.63, 3.8) is 0 Å². The second kappa shape index (κ2) is 3.32.